The molecule has 3 heterocycles. The van der Waals surface area contributed by atoms with Gasteiger partial charge in [-0.2, -0.15) is 5.26 Å². The van der Waals surface area contributed by atoms with E-state index in [-0.39, 0.29) is 66.3 Å². The number of amides is 4. The maximum atomic E-state index is 14.2. The number of carbonyl (C=O) groups is 4. The number of aromatic nitrogens is 1. The molecule has 3 aliphatic rings. The number of aliphatic hydroxyl groups excluding tert-OH is 1. The molecule has 0 spiro atoms. The number of piperidine rings is 1. The molecule has 368 valence electrons. The highest BCUT2D eigenvalue weighted by molar-refractivity contribution is 7.13. The molecule has 3 aromatic carbocycles. The molecule has 4 N–H and O–H groups in total. The van der Waals surface area contributed by atoms with Crippen LogP contribution in [0, 0.1) is 40.4 Å². The maximum absolute atomic E-state index is 14.2. The first-order chi connectivity index (χ1) is 32.6. The average molecular weight is 981 g/mol. The molecule has 16 heteroatoms. The van der Waals surface area contributed by atoms with Gasteiger partial charge in [0.05, 0.1) is 45.4 Å². The van der Waals surface area contributed by atoms with Crippen molar-refractivity contribution >= 4 is 52.3 Å². The first kappa shape index (κ1) is 51.3. The zero-order valence-corrected chi connectivity index (χ0v) is 42.7. The molecule has 7 rings (SSSR count). The molecule has 4 amide bonds. The van der Waals surface area contributed by atoms with Gasteiger partial charge in [-0.25, -0.2) is 4.98 Å². The number of nitrogens with one attached hydrogen (secondary N) is 3. The molecule has 0 bridgehead atoms. The Hall–Kier alpha value is -5.53. The van der Waals surface area contributed by atoms with E-state index in [9.17, 15) is 29.5 Å². The summed E-state index contributed by atoms with van der Waals surface area (Å²) in [5.41, 5.74) is 5.25. The first-order valence-electron chi connectivity index (χ1n) is 23.8. The van der Waals surface area contributed by atoms with Gasteiger partial charge in [-0.15, -0.1) is 11.3 Å². The van der Waals surface area contributed by atoms with Crippen molar-refractivity contribution in [2.24, 2.45) is 22.2 Å². The first-order valence-corrected chi connectivity index (χ1v) is 25.0. The molecule has 1 saturated carbocycles. The van der Waals surface area contributed by atoms with Gasteiger partial charge in [-0.1, -0.05) is 84.3 Å². The molecule has 14 nitrogen and oxygen atoms in total. The summed E-state index contributed by atoms with van der Waals surface area (Å²) in [6.45, 7) is 19.5. The van der Waals surface area contributed by atoms with Crippen molar-refractivity contribution in [3.05, 3.63) is 99.6 Å². The van der Waals surface area contributed by atoms with Crippen LogP contribution in [-0.2, 0) is 19.1 Å². The van der Waals surface area contributed by atoms with Crippen LogP contribution in [0.3, 0.4) is 0 Å². The van der Waals surface area contributed by atoms with Gasteiger partial charge in [0.2, 0.25) is 17.7 Å². The van der Waals surface area contributed by atoms with Crippen LogP contribution in [0.1, 0.15) is 108 Å². The second-order valence-corrected chi connectivity index (χ2v) is 22.4. The number of β-amino-alcohol motifs (C(OH)–C–C–N with tert-alkyl or cyclic N) is 1. The number of benzene rings is 3. The van der Waals surface area contributed by atoms with Crippen molar-refractivity contribution in [2.75, 3.05) is 37.7 Å². The number of likely N-dealkylation sites (tertiary alicyclic amines) is 1. The quantitative estimate of drug-likeness (QED) is 0.0914. The lowest BCUT2D eigenvalue weighted by atomic mass is 9.49. The second-order valence-electron chi connectivity index (χ2n) is 21.2. The third kappa shape index (κ3) is 11.4. The molecule has 4 aromatic rings. The summed E-state index contributed by atoms with van der Waals surface area (Å²) in [5.74, 6) is -0.555. The van der Waals surface area contributed by atoms with Crippen LogP contribution in [0.25, 0.3) is 10.4 Å². The molecular weight excluding hydrogens is 914 g/mol. The minimum atomic E-state index is -0.958. The van der Waals surface area contributed by atoms with Gasteiger partial charge in [0.1, 0.15) is 36.6 Å². The summed E-state index contributed by atoms with van der Waals surface area (Å²) in [7, 11) is 0. The Balaban J connectivity index is 0.850. The predicted molar refractivity (Wildman–Crippen MR) is 268 cm³/mol. The number of aliphatic hydroxyl groups is 1. The fraction of sp³-hybridized carbons (Fsp3) is 0.509. The lowest BCUT2D eigenvalue weighted by molar-refractivity contribution is -0.164. The van der Waals surface area contributed by atoms with Gasteiger partial charge in [-0.3, -0.25) is 19.2 Å². The number of nitriles is 1. The molecule has 1 aliphatic carbocycles. The van der Waals surface area contributed by atoms with Crippen LogP contribution in [0.15, 0.2) is 72.2 Å². The Labute approximate surface area is 415 Å². The standard InChI is InChI=1S/C53H66ClN7O7S/c1-31(34-10-12-35(13-11-34)44-32(2)56-30-69-44)57-47(65)42-24-39(62)27-61(42)48(66)45(51(3,4)5)58-43(63)29-67-28-33-20-22-60(23-21-33)38-17-14-36(15-18-38)46(64)59-49-52(6,7)50(53(49,8)9)68-40-19-16-37(26-55)41(54)25-40/h10-19,25,30-31,33,39,42,45,49-50,62H,20-24,27-29H2,1-9H3,(H,57,65)(H,58,63)(H,59,64)/t31-,39+,42-,45?,49?,50?/m0/s1. The maximum Gasteiger partial charge on any atom is 0.251 e. The van der Waals surface area contributed by atoms with Gasteiger partial charge >= 0.3 is 0 Å². The Morgan fingerprint density at radius 2 is 1.65 bits per heavy atom. The average Bonchev–Trinajstić information content (AvgIpc) is 3.93. The van der Waals surface area contributed by atoms with Crippen LogP contribution in [0.4, 0.5) is 5.69 Å². The second kappa shape index (κ2) is 20.8. The van der Waals surface area contributed by atoms with E-state index < -0.39 is 35.4 Å². The number of anilines is 1. The van der Waals surface area contributed by atoms with Crippen molar-refractivity contribution in [3.63, 3.8) is 0 Å². The number of halogens is 1. The van der Waals surface area contributed by atoms with Crippen LogP contribution >= 0.6 is 22.9 Å². The van der Waals surface area contributed by atoms with E-state index >= 15 is 0 Å². The molecule has 3 fully saturated rings. The summed E-state index contributed by atoms with van der Waals surface area (Å²) in [6, 6.07) is 20.4. The molecule has 0 radical (unpaired) electrons. The Morgan fingerprint density at radius 1 is 0.986 bits per heavy atom. The lowest BCUT2D eigenvalue weighted by Gasteiger charge is -2.63. The van der Waals surface area contributed by atoms with Crippen LogP contribution in [-0.4, -0.2) is 102 Å². The Bertz CT molecular complexity index is 2530. The minimum absolute atomic E-state index is 0.0141. The third-order valence-corrected chi connectivity index (χ3v) is 15.5. The molecule has 1 unspecified atom stereocenters. The van der Waals surface area contributed by atoms with Crippen molar-refractivity contribution in [1.29, 1.82) is 5.26 Å². The van der Waals surface area contributed by atoms with Crippen molar-refractivity contribution in [1.82, 2.24) is 25.8 Å². The highest BCUT2D eigenvalue weighted by Crippen LogP contribution is 2.55. The number of thiazole rings is 1. The van der Waals surface area contributed by atoms with E-state index in [0.29, 0.717) is 28.5 Å². The number of rotatable bonds is 15. The molecule has 4 atom stereocenters. The fourth-order valence-electron chi connectivity index (χ4n) is 10.5. The van der Waals surface area contributed by atoms with Gasteiger partial charge in [0.15, 0.2) is 0 Å². The van der Waals surface area contributed by atoms with Crippen LogP contribution in [0.5, 0.6) is 5.75 Å². The van der Waals surface area contributed by atoms with E-state index in [0.717, 1.165) is 53.3 Å². The molecule has 1 aromatic heterocycles. The summed E-state index contributed by atoms with van der Waals surface area (Å²) in [5, 5.41) is 29.4. The minimum Gasteiger partial charge on any atom is -0.489 e. The highest BCUT2D eigenvalue weighted by Gasteiger charge is 2.64. The van der Waals surface area contributed by atoms with E-state index in [1.807, 2.05) is 88.7 Å². The predicted octanol–water partition coefficient (Wildman–Crippen LogP) is 7.86. The van der Waals surface area contributed by atoms with E-state index in [1.54, 1.807) is 29.5 Å². The number of hydrogen-bond donors (Lipinski definition) is 4. The number of ether oxygens (including phenoxy) is 2. The summed E-state index contributed by atoms with van der Waals surface area (Å²) < 4.78 is 12.3. The van der Waals surface area contributed by atoms with Crippen LogP contribution in [0.2, 0.25) is 5.02 Å². The summed E-state index contributed by atoms with van der Waals surface area (Å²) >= 11 is 7.84. The van der Waals surface area contributed by atoms with E-state index in [4.69, 9.17) is 21.1 Å². The molecule has 2 saturated heterocycles. The monoisotopic (exact) mass is 979 g/mol. The Morgan fingerprint density at radius 3 is 2.25 bits per heavy atom. The molecular formula is C53H66ClN7O7S. The highest BCUT2D eigenvalue weighted by atomic mass is 35.5. The SMILES string of the molecule is Cc1ncsc1-c1ccc([C@H](C)NC(=O)[C@@H]2C[C@@H](O)CN2C(=O)C(NC(=O)COCC2CCN(c3ccc(C(=O)NC4C(C)(C)C(Oc5ccc(C#N)c(Cl)c5)C4(C)C)cc3)CC2)C(C)(C)C)cc1. The lowest BCUT2D eigenvalue weighted by Crippen LogP contribution is -2.74. The number of hydrogen-bond acceptors (Lipinski definition) is 11. The number of aryl methyl sites for hydroxylation is 1. The largest absolute Gasteiger partial charge is 0.489 e. The normalized spacial score (nSPS) is 21.9. The Kier molecular flexibility index (Phi) is 15.5. The summed E-state index contributed by atoms with van der Waals surface area (Å²) in [6.07, 6.45) is 0.722. The van der Waals surface area contributed by atoms with Gasteiger partial charge < -0.3 is 40.3 Å². The van der Waals surface area contributed by atoms with E-state index in [2.05, 4.69) is 59.6 Å². The summed E-state index contributed by atoms with van der Waals surface area (Å²) in [4.78, 5) is 63.9. The number of nitrogens with zero attached hydrogens (tertiary/aromatic N) is 4. The van der Waals surface area contributed by atoms with Crippen molar-refractivity contribution < 1.29 is 33.8 Å². The number of carbonyl (C=O) groups excluding carboxylic acids is 4. The van der Waals surface area contributed by atoms with Gasteiger partial charge in [0, 0.05) is 60.2 Å². The fourth-order valence-corrected chi connectivity index (χ4v) is 11.6. The molecule has 2 aliphatic heterocycles. The zero-order valence-electron chi connectivity index (χ0n) is 41.1. The topological polar surface area (TPSA) is 186 Å². The van der Waals surface area contributed by atoms with Gasteiger partial charge in [0.25, 0.3) is 5.91 Å². The van der Waals surface area contributed by atoms with E-state index in [1.165, 1.54) is 4.90 Å². The zero-order chi connectivity index (χ0) is 50.0. The molecule has 69 heavy (non-hydrogen) atoms. The smallest absolute Gasteiger partial charge is 0.251 e. The van der Waals surface area contributed by atoms with Crippen molar-refractivity contribution in [3.8, 4) is 22.3 Å². The van der Waals surface area contributed by atoms with Gasteiger partial charge in [-0.05, 0) is 85.5 Å². The third-order valence-electron chi connectivity index (χ3n) is 14.2. The van der Waals surface area contributed by atoms with Crippen molar-refractivity contribution in [2.45, 2.75) is 118 Å². The van der Waals surface area contributed by atoms with Crippen LogP contribution < -0.4 is 25.6 Å².